The van der Waals surface area contributed by atoms with Gasteiger partial charge in [-0.05, 0) is 75.0 Å². The number of hydrogen-bond donors (Lipinski definition) is 1. The van der Waals surface area contributed by atoms with Crippen LogP contribution >= 0.6 is 31.9 Å². The maximum Gasteiger partial charge on any atom is 0.141 e. The second-order valence-corrected chi connectivity index (χ2v) is 6.20. The Kier molecular flexibility index (Phi) is 7.14. The first kappa shape index (κ1) is 18.8. The summed E-state index contributed by atoms with van der Waals surface area (Å²) in [7, 11) is 0. The summed E-state index contributed by atoms with van der Waals surface area (Å²) in [6.07, 6.45) is 0. The van der Waals surface area contributed by atoms with Crippen LogP contribution < -0.4 is 5.73 Å². The van der Waals surface area contributed by atoms with E-state index >= 15 is 0 Å². The molecule has 0 saturated heterocycles. The van der Waals surface area contributed by atoms with Crippen LogP contribution in [-0.2, 0) is 6.54 Å². The summed E-state index contributed by atoms with van der Waals surface area (Å²) in [5.74, 6) is -0.572. The summed E-state index contributed by atoms with van der Waals surface area (Å²) in [5.41, 5.74) is 7.64. The van der Waals surface area contributed by atoms with Gasteiger partial charge in [-0.15, -0.1) is 0 Å². The van der Waals surface area contributed by atoms with Gasteiger partial charge < -0.3 is 5.73 Å². The highest BCUT2D eigenvalue weighted by Gasteiger charge is 2.06. The molecule has 0 saturated carbocycles. The van der Waals surface area contributed by atoms with Crippen LogP contribution in [0.1, 0.15) is 22.3 Å². The molecule has 0 aliphatic rings. The molecule has 2 aromatic rings. The molecule has 2 rings (SSSR count). The van der Waals surface area contributed by atoms with E-state index in [9.17, 15) is 8.78 Å². The van der Waals surface area contributed by atoms with Crippen molar-refractivity contribution in [3.05, 3.63) is 67.1 Å². The van der Waals surface area contributed by atoms with E-state index in [0.717, 1.165) is 5.56 Å². The average molecular weight is 432 g/mol. The minimum absolute atomic E-state index is 0.215. The van der Waals surface area contributed by atoms with E-state index in [1.807, 2.05) is 12.1 Å². The Bertz CT molecular complexity index is 725. The maximum atomic E-state index is 13.1. The molecule has 2 nitrogen and oxygen atoms in total. The van der Waals surface area contributed by atoms with Crippen molar-refractivity contribution in [3.8, 4) is 6.07 Å². The van der Waals surface area contributed by atoms with Gasteiger partial charge in [0.2, 0.25) is 0 Å². The van der Waals surface area contributed by atoms with Crippen molar-refractivity contribution in [1.82, 2.24) is 0 Å². The number of nitrogens with zero attached hydrogens (tertiary/aromatic N) is 1. The number of rotatable bonds is 1. The lowest BCUT2D eigenvalue weighted by Crippen LogP contribution is -2.00. The minimum Gasteiger partial charge on any atom is -0.326 e. The second-order valence-electron chi connectivity index (χ2n) is 4.50. The lowest BCUT2D eigenvalue weighted by molar-refractivity contribution is 0.608. The van der Waals surface area contributed by atoms with Gasteiger partial charge in [0.05, 0.1) is 20.6 Å². The van der Waals surface area contributed by atoms with Gasteiger partial charge in [-0.25, -0.2) is 8.78 Å². The number of benzene rings is 2. The summed E-state index contributed by atoms with van der Waals surface area (Å²) < 4.78 is 26.9. The zero-order valence-electron chi connectivity index (χ0n) is 12.1. The highest BCUT2D eigenvalue weighted by Crippen LogP contribution is 2.21. The lowest BCUT2D eigenvalue weighted by Gasteiger charge is -2.04. The highest BCUT2D eigenvalue weighted by molar-refractivity contribution is 9.10. The maximum absolute atomic E-state index is 13.1. The summed E-state index contributed by atoms with van der Waals surface area (Å²) in [5, 5.41) is 8.50. The van der Waals surface area contributed by atoms with Crippen LogP contribution in [0.5, 0.6) is 0 Å². The van der Waals surface area contributed by atoms with E-state index in [-0.39, 0.29) is 11.6 Å². The molecule has 2 N–H and O–H groups in total. The average Bonchev–Trinajstić information content (AvgIpc) is 2.51. The fraction of sp³-hybridized carbons (Fsp3) is 0.188. The van der Waals surface area contributed by atoms with Crippen molar-refractivity contribution in [2.24, 2.45) is 5.73 Å². The van der Waals surface area contributed by atoms with Crippen LogP contribution in [0.25, 0.3) is 0 Å². The molecule has 0 bridgehead atoms. The van der Waals surface area contributed by atoms with Gasteiger partial charge in [0.15, 0.2) is 0 Å². The monoisotopic (exact) mass is 430 g/mol. The predicted octanol–water partition coefficient (Wildman–Crippen LogP) is 5.12. The Morgan fingerprint density at radius 3 is 2.00 bits per heavy atom. The zero-order chi connectivity index (χ0) is 16.9. The van der Waals surface area contributed by atoms with Crippen molar-refractivity contribution in [2.75, 3.05) is 0 Å². The first-order chi connectivity index (χ1) is 10.3. The van der Waals surface area contributed by atoms with E-state index in [4.69, 9.17) is 11.0 Å². The third kappa shape index (κ3) is 4.35. The fourth-order valence-electron chi connectivity index (χ4n) is 1.69. The van der Waals surface area contributed by atoms with Gasteiger partial charge in [-0.3, -0.25) is 0 Å². The van der Waals surface area contributed by atoms with Crippen molar-refractivity contribution in [1.29, 1.82) is 5.26 Å². The van der Waals surface area contributed by atoms with Crippen molar-refractivity contribution < 1.29 is 8.78 Å². The van der Waals surface area contributed by atoms with Crippen LogP contribution in [0, 0.1) is 36.8 Å². The second kappa shape index (κ2) is 8.37. The molecular weight excluding hydrogens is 418 g/mol. The third-order valence-electron chi connectivity index (χ3n) is 3.13. The smallest absolute Gasteiger partial charge is 0.141 e. The molecule has 116 valence electrons. The first-order valence-electron chi connectivity index (χ1n) is 6.31. The number of nitrogens with two attached hydrogens (primary N) is 1. The summed E-state index contributed by atoms with van der Waals surface area (Å²) in [4.78, 5) is 0. The molecule has 6 heteroatoms. The zero-order valence-corrected chi connectivity index (χ0v) is 15.2. The number of halogens is 4. The van der Waals surface area contributed by atoms with Gasteiger partial charge in [-0.1, -0.05) is 6.07 Å². The SMILES string of the molecule is Cc1c(C#N)ccc(Br)c1F.Cc1c(CN)ccc(Br)c1F. The Balaban J connectivity index is 0.000000220. The molecule has 2 aromatic carbocycles. The van der Waals surface area contributed by atoms with Crippen LogP contribution in [0.15, 0.2) is 33.2 Å². The molecule has 0 amide bonds. The molecule has 0 fully saturated rings. The van der Waals surface area contributed by atoms with Crippen LogP contribution in [0.2, 0.25) is 0 Å². The Labute approximate surface area is 145 Å². The highest BCUT2D eigenvalue weighted by atomic mass is 79.9. The molecule has 0 aromatic heterocycles. The predicted molar refractivity (Wildman–Crippen MR) is 90.3 cm³/mol. The number of hydrogen-bond acceptors (Lipinski definition) is 2. The Morgan fingerprint density at radius 1 is 1.00 bits per heavy atom. The van der Waals surface area contributed by atoms with E-state index in [1.54, 1.807) is 26.0 Å². The van der Waals surface area contributed by atoms with Gasteiger partial charge >= 0.3 is 0 Å². The van der Waals surface area contributed by atoms with Gasteiger partial charge in [-0.2, -0.15) is 5.26 Å². The molecule has 0 aliphatic carbocycles. The quantitative estimate of drug-likeness (QED) is 0.680. The van der Waals surface area contributed by atoms with Gasteiger partial charge in [0, 0.05) is 12.1 Å². The van der Waals surface area contributed by atoms with E-state index in [0.29, 0.717) is 32.2 Å². The van der Waals surface area contributed by atoms with Gasteiger partial charge in [0.1, 0.15) is 11.6 Å². The van der Waals surface area contributed by atoms with E-state index < -0.39 is 0 Å². The number of nitriles is 1. The van der Waals surface area contributed by atoms with E-state index in [1.165, 1.54) is 6.07 Å². The standard InChI is InChI=1S/C8H9BrFN.C8H5BrFN/c2*1-5-6(4-11)2-3-7(9)8(5)10/h2-3H,4,11H2,1H3;2-3H,1H3. The van der Waals surface area contributed by atoms with Crippen LogP contribution in [-0.4, -0.2) is 0 Å². The van der Waals surface area contributed by atoms with Crippen molar-refractivity contribution in [3.63, 3.8) is 0 Å². The molecule has 0 heterocycles. The molecule has 0 atom stereocenters. The topological polar surface area (TPSA) is 49.8 Å². The molecule has 0 unspecified atom stereocenters. The van der Waals surface area contributed by atoms with Crippen LogP contribution in [0.4, 0.5) is 8.78 Å². The van der Waals surface area contributed by atoms with E-state index in [2.05, 4.69) is 31.9 Å². The van der Waals surface area contributed by atoms with Crippen molar-refractivity contribution in [2.45, 2.75) is 20.4 Å². The fourth-order valence-corrected chi connectivity index (χ4v) is 2.55. The minimum atomic E-state index is -0.357. The molecule has 22 heavy (non-hydrogen) atoms. The van der Waals surface area contributed by atoms with Gasteiger partial charge in [0.25, 0.3) is 0 Å². The first-order valence-corrected chi connectivity index (χ1v) is 7.90. The lowest BCUT2D eigenvalue weighted by atomic mass is 10.1. The van der Waals surface area contributed by atoms with Crippen LogP contribution in [0.3, 0.4) is 0 Å². The molecule has 0 radical (unpaired) electrons. The third-order valence-corrected chi connectivity index (χ3v) is 4.36. The summed E-state index contributed by atoms with van der Waals surface area (Å²) in [6, 6.07) is 8.51. The molecule has 0 spiro atoms. The largest absolute Gasteiger partial charge is 0.326 e. The summed E-state index contributed by atoms with van der Waals surface area (Å²) >= 11 is 6.12. The Morgan fingerprint density at radius 2 is 1.50 bits per heavy atom. The molecule has 0 aliphatic heterocycles. The molecular formula is C16H14Br2F2N2. The Hall–Kier alpha value is -1.29. The normalized spacial score (nSPS) is 9.73. The summed E-state index contributed by atoms with van der Waals surface area (Å²) in [6.45, 7) is 3.69. The van der Waals surface area contributed by atoms with Crippen molar-refractivity contribution >= 4 is 31.9 Å².